The Morgan fingerprint density at radius 2 is 1.89 bits per heavy atom. The average molecular weight is 503 g/mol. The summed E-state index contributed by atoms with van der Waals surface area (Å²) in [6, 6.07) is 9.29. The zero-order chi connectivity index (χ0) is 25.0. The van der Waals surface area contributed by atoms with E-state index in [1.165, 1.54) is 18.2 Å². The number of benzene rings is 2. The fraction of sp³-hybridized carbons (Fsp3) is 0.360. The van der Waals surface area contributed by atoms with E-state index in [1.807, 2.05) is 26.0 Å². The van der Waals surface area contributed by atoms with Gasteiger partial charge in [-0.05, 0) is 56.5 Å². The molecule has 0 spiro atoms. The molecule has 1 unspecified atom stereocenters. The van der Waals surface area contributed by atoms with Crippen LogP contribution >= 0.6 is 0 Å². The molecule has 1 aromatic heterocycles. The van der Waals surface area contributed by atoms with Gasteiger partial charge in [0.2, 0.25) is 5.95 Å². The highest BCUT2D eigenvalue weighted by Gasteiger charge is 2.17. The standard InChI is InChI=1S/C25H28F2N4O3S/c1-16(2)31-35(3,32)15-17-10-19-13-20(11-17)33-8-4-5-9-34-23-12-18(26)6-7-21(23)24-22(27)14-28-25(29-19)30-24/h6-7,10-14,16H,4-5,8-9,15H2,1-3H3,(H,28,29,30). The lowest BCUT2D eigenvalue weighted by molar-refractivity contribution is 0.266. The summed E-state index contributed by atoms with van der Waals surface area (Å²) < 4.78 is 57.7. The van der Waals surface area contributed by atoms with E-state index < -0.39 is 21.4 Å². The molecule has 4 bridgehead atoms. The van der Waals surface area contributed by atoms with Crippen molar-refractivity contribution >= 4 is 21.4 Å². The van der Waals surface area contributed by atoms with Crippen molar-refractivity contribution in [1.29, 1.82) is 0 Å². The van der Waals surface area contributed by atoms with E-state index in [2.05, 4.69) is 19.6 Å². The van der Waals surface area contributed by atoms with Gasteiger partial charge in [-0.1, -0.05) is 0 Å². The summed E-state index contributed by atoms with van der Waals surface area (Å²) >= 11 is 0. The van der Waals surface area contributed by atoms with Crippen LogP contribution in [-0.4, -0.2) is 39.7 Å². The van der Waals surface area contributed by atoms with Crippen LogP contribution < -0.4 is 14.8 Å². The highest BCUT2D eigenvalue weighted by molar-refractivity contribution is 7.92. The van der Waals surface area contributed by atoms with E-state index >= 15 is 0 Å². The van der Waals surface area contributed by atoms with Gasteiger partial charge in [-0.3, -0.25) is 0 Å². The van der Waals surface area contributed by atoms with Crippen LogP contribution in [0.3, 0.4) is 0 Å². The van der Waals surface area contributed by atoms with E-state index in [1.54, 1.807) is 12.3 Å². The van der Waals surface area contributed by atoms with E-state index in [4.69, 9.17) is 9.47 Å². The van der Waals surface area contributed by atoms with Crippen LogP contribution in [0.5, 0.6) is 11.5 Å². The van der Waals surface area contributed by atoms with Crippen molar-refractivity contribution in [3.8, 4) is 22.8 Å². The Hall–Kier alpha value is -3.27. The smallest absolute Gasteiger partial charge is 0.227 e. The van der Waals surface area contributed by atoms with Crippen LogP contribution in [0.15, 0.2) is 47.0 Å². The number of fused-ring (bicyclic) bond motifs is 6. The second-order valence-corrected chi connectivity index (χ2v) is 11.1. The van der Waals surface area contributed by atoms with Gasteiger partial charge in [0.25, 0.3) is 0 Å². The molecule has 0 fully saturated rings. The average Bonchev–Trinajstić information content (AvgIpc) is 2.76. The maximum Gasteiger partial charge on any atom is 0.227 e. The summed E-state index contributed by atoms with van der Waals surface area (Å²) in [5.41, 5.74) is 1.70. The number of ether oxygens (including phenoxy) is 2. The van der Waals surface area contributed by atoms with Gasteiger partial charge in [0.1, 0.15) is 23.0 Å². The Morgan fingerprint density at radius 1 is 1.11 bits per heavy atom. The molecule has 186 valence electrons. The highest BCUT2D eigenvalue weighted by Crippen LogP contribution is 2.33. The molecule has 0 aliphatic carbocycles. The summed E-state index contributed by atoms with van der Waals surface area (Å²) in [6.45, 7) is 4.51. The number of nitrogens with one attached hydrogen (secondary N) is 1. The van der Waals surface area contributed by atoms with Crippen molar-refractivity contribution in [3.63, 3.8) is 0 Å². The van der Waals surface area contributed by atoms with Gasteiger partial charge >= 0.3 is 0 Å². The first kappa shape index (κ1) is 24.8. The largest absolute Gasteiger partial charge is 0.494 e. The van der Waals surface area contributed by atoms with E-state index in [0.717, 1.165) is 11.8 Å². The Balaban J connectivity index is 1.76. The lowest BCUT2D eigenvalue weighted by Crippen LogP contribution is -2.07. The molecule has 10 heteroatoms. The molecule has 7 nitrogen and oxygen atoms in total. The molecule has 2 aromatic carbocycles. The van der Waals surface area contributed by atoms with Crippen LogP contribution in [0.4, 0.5) is 20.4 Å². The van der Waals surface area contributed by atoms with Crippen LogP contribution in [0.1, 0.15) is 32.3 Å². The van der Waals surface area contributed by atoms with Crippen molar-refractivity contribution in [2.24, 2.45) is 4.36 Å². The first-order chi connectivity index (χ1) is 16.7. The third kappa shape index (κ3) is 6.66. The van der Waals surface area contributed by atoms with Gasteiger partial charge < -0.3 is 14.8 Å². The summed E-state index contributed by atoms with van der Waals surface area (Å²) in [5, 5.41) is 3.08. The summed E-state index contributed by atoms with van der Waals surface area (Å²) in [4.78, 5) is 8.39. The monoisotopic (exact) mass is 502 g/mol. The molecule has 1 aliphatic heterocycles. The quantitative estimate of drug-likeness (QED) is 0.493. The summed E-state index contributed by atoms with van der Waals surface area (Å²) in [6.07, 6.45) is 4.03. The van der Waals surface area contributed by atoms with Crippen LogP contribution in [-0.2, 0) is 15.5 Å². The molecule has 1 N–H and O–H groups in total. The van der Waals surface area contributed by atoms with Gasteiger partial charge in [0, 0.05) is 39.4 Å². The van der Waals surface area contributed by atoms with Crippen LogP contribution in [0, 0.1) is 11.6 Å². The number of hydrogen-bond donors (Lipinski definition) is 1. The normalized spacial score (nSPS) is 15.4. The Bertz CT molecular complexity index is 1340. The highest BCUT2D eigenvalue weighted by atomic mass is 32.2. The summed E-state index contributed by atoms with van der Waals surface area (Å²) in [5.74, 6) is 0.0401. The molecule has 1 atom stereocenters. The van der Waals surface area contributed by atoms with Gasteiger partial charge in [-0.25, -0.2) is 27.3 Å². The van der Waals surface area contributed by atoms with Crippen LogP contribution in [0.2, 0.25) is 0 Å². The predicted octanol–water partition coefficient (Wildman–Crippen LogP) is 5.72. The van der Waals surface area contributed by atoms with Gasteiger partial charge in [-0.2, -0.15) is 0 Å². The van der Waals surface area contributed by atoms with Crippen LogP contribution in [0.25, 0.3) is 11.3 Å². The molecule has 0 radical (unpaired) electrons. The second-order valence-electron chi connectivity index (χ2n) is 8.73. The van der Waals surface area contributed by atoms with Gasteiger partial charge in [0.05, 0.1) is 31.2 Å². The zero-order valence-electron chi connectivity index (χ0n) is 19.9. The van der Waals surface area contributed by atoms with E-state index in [0.29, 0.717) is 43.1 Å². The first-order valence-corrected chi connectivity index (χ1v) is 13.5. The Morgan fingerprint density at radius 3 is 2.66 bits per heavy atom. The summed E-state index contributed by atoms with van der Waals surface area (Å²) in [7, 11) is -2.45. The molecule has 4 rings (SSSR count). The minimum atomic E-state index is -2.45. The molecule has 2 heterocycles. The second kappa shape index (κ2) is 10.6. The SMILES string of the molecule is CC(C)N=S(C)(=O)Cc1cc2cc(c1)OCCCCOc1cc(F)ccc1-c1nc(ncc1F)N2. The molecule has 35 heavy (non-hydrogen) atoms. The van der Waals surface area contributed by atoms with E-state index in [-0.39, 0.29) is 29.2 Å². The van der Waals surface area contributed by atoms with Crippen molar-refractivity contribution < 1.29 is 22.5 Å². The van der Waals surface area contributed by atoms with Crippen molar-refractivity contribution in [3.05, 3.63) is 59.8 Å². The molecular weight excluding hydrogens is 474 g/mol. The Kier molecular flexibility index (Phi) is 7.49. The number of aromatic nitrogens is 2. The number of rotatable bonds is 3. The third-order valence-electron chi connectivity index (χ3n) is 5.10. The van der Waals surface area contributed by atoms with Crippen molar-refractivity contribution in [2.75, 3.05) is 24.8 Å². The topological polar surface area (TPSA) is 85.7 Å². The molecular formula is C25H28F2N4O3S. The molecule has 0 amide bonds. The number of nitrogens with zero attached hydrogens (tertiary/aromatic N) is 3. The fourth-order valence-corrected chi connectivity index (χ4v) is 5.58. The maximum atomic E-state index is 14.7. The molecule has 0 saturated heterocycles. The number of halogens is 2. The fourth-order valence-electron chi connectivity index (χ4n) is 3.82. The van der Waals surface area contributed by atoms with Gasteiger partial charge in [-0.15, -0.1) is 0 Å². The molecule has 3 aromatic rings. The Labute approximate surface area is 204 Å². The van der Waals surface area contributed by atoms with Crippen molar-refractivity contribution in [2.45, 2.75) is 38.5 Å². The third-order valence-corrected chi connectivity index (χ3v) is 6.84. The van der Waals surface area contributed by atoms with Crippen molar-refractivity contribution in [1.82, 2.24) is 9.97 Å². The number of hydrogen-bond acceptors (Lipinski definition) is 7. The zero-order valence-corrected chi connectivity index (χ0v) is 20.7. The maximum absolute atomic E-state index is 14.7. The lowest BCUT2D eigenvalue weighted by atomic mass is 10.1. The first-order valence-electron chi connectivity index (χ1n) is 11.4. The molecule has 0 saturated carbocycles. The minimum absolute atomic E-state index is 0.00712. The van der Waals surface area contributed by atoms with Gasteiger partial charge in [0.15, 0.2) is 5.82 Å². The minimum Gasteiger partial charge on any atom is -0.494 e. The molecule has 1 aliphatic rings. The number of anilines is 2. The van der Waals surface area contributed by atoms with E-state index in [9.17, 15) is 13.0 Å². The predicted molar refractivity (Wildman–Crippen MR) is 133 cm³/mol. The lowest BCUT2D eigenvalue weighted by Gasteiger charge is -2.14.